The van der Waals surface area contributed by atoms with Gasteiger partial charge in [-0.1, -0.05) is 17.9 Å². The molecule has 6 nitrogen and oxygen atoms in total. The minimum absolute atomic E-state index is 0. The Labute approximate surface area is 139 Å². The van der Waals surface area contributed by atoms with E-state index < -0.39 is 0 Å². The highest BCUT2D eigenvalue weighted by Crippen LogP contribution is 2.22. The molecule has 1 aromatic heterocycles. The molecule has 0 aliphatic heterocycles. The number of rotatable bonds is 8. The van der Waals surface area contributed by atoms with Crippen LogP contribution >= 0.6 is 24.8 Å². The van der Waals surface area contributed by atoms with E-state index in [1.54, 1.807) is 0 Å². The van der Waals surface area contributed by atoms with Crippen molar-refractivity contribution in [3.05, 3.63) is 5.89 Å². The molecule has 2 N–H and O–H groups in total. The molecule has 8 heteroatoms. The second kappa shape index (κ2) is 11.1. The molecule has 0 aromatic carbocycles. The molecule has 1 aliphatic rings. The first-order valence-corrected chi connectivity index (χ1v) is 7.20. The van der Waals surface area contributed by atoms with Crippen molar-refractivity contribution in [1.29, 1.82) is 0 Å². The molecule has 1 fully saturated rings. The largest absolute Gasteiger partial charge is 0.407 e. The van der Waals surface area contributed by atoms with Crippen LogP contribution in [0.3, 0.4) is 0 Å². The van der Waals surface area contributed by atoms with Gasteiger partial charge in [0.2, 0.25) is 5.89 Å². The lowest BCUT2D eigenvalue weighted by Crippen LogP contribution is -2.30. The first-order chi connectivity index (χ1) is 9.29. The molecule has 1 aliphatic carbocycles. The maximum atomic E-state index is 5.42. The van der Waals surface area contributed by atoms with Gasteiger partial charge in [-0.3, -0.25) is 0 Å². The van der Waals surface area contributed by atoms with Crippen LogP contribution in [0.25, 0.3) is 0 Å². The average molecular weight is 340 g/mol. The summed E-state index contributed by atoms with van der Waals surface area (Å²) in [7, 11) is 4.09. The van der Waals surface area contributed by atoms with Crippen molar-refractivity contribution < 1.29 is 4.42 Å². The van der Waals surface area contributed by atoms with Crippen molar-refractivity contribution >= 4 is 30.8 Å². The molecule has 21 heavy (non-hydrogen) atoms. The number of anilines is 1. The van der Waals surface area contributed by atoms with E-state index in [4.69, 9.17) is 4.42 Å². The Morgan fingerprint density at radius 3 is 2.62 bits per heavy atom. The Kier molecular flexibility index (Phi) is 10.8. The maximum Gasteiger partial charge on any atom is 0.315 e. The first-order valence-electron chi connectivity index (χ1n) is 7.20. The van der Waals surface area contributed by atoms with Crippen molar-refractivity contribution in [3.8, 4) is 0 Å². The van der Waals surface area contributed by atoms with Crippen molar-refractivity contribution in [2.24, 2.45) is 0 Å². The Balaban J connectivity index is 0.00000200. The van der Waals surface area contributed by atoms with E-state index in [0.29, 0.717) is 18.5 Å². The predicted octanol–water partition coefficient (Wildman–Crippen LogP) is 2.31. The van der Waals surface area contributed by atoms with Crippen LogP contribution in [0.15, 0.2) is 4.42 Å². The fourth-order valence-corrected chi connectivity index (χ4v) is 2.60. The van der Waals surface area contributed by atoms with Crippen LogP contribution in [0.5, 0.6) is 0 Å². The van der Waals surface area contributed by atoms with Gasteiger partial charge in [0.05, 0.1) is 6.54 Å². The highest BCUT2D eigenvalue weighted by molar-refractivity contribution is 5.85. The number of halogens is 2. The van der Waals surface area contributed by atoms with Crippen molar-refractivity contribution in [3.63, 3.8) is 0 Å². The zero-order valence-electron chi connectivity index (χ0n) is 12.8. The van der Waals surface area contributed by atoms with Gasteiger partial charge in [-0.2, -0.15) is 0 Å². The van der Waals surface area contributed by atoms with Gasteiger partial charge in [0.25, 0.3) is 0 Å². The molecule has 0 spiro atoms. The van der Waals surface area contributed by atoms with Crippen LogP contribution in [0.2, 0.25) is 0 Å². The summed E-state index contributed by atoms with van der Waals surface area (Å²) in [5.74, 6) is 0.619. The quantitative estimate of drug-likeness (QED) is 0.708. The smallest absolute Gasteiger partial charge is 0.315 e. The maximum absolute atomic E-state index is 5.42. The molecular weight excluding hydrogens is 313 g/mol. The van der Waals surface area contributed by atoms with Crippen LogP contribution in [0.4, 0.5) is 6.01 Å². The Morgan fingerprint density at radius 1 is 1.24 bits per heavy atom. The van der Waals surface area contributed by atoms with E-state index in [0.717, 1.165) is 25.6 Å². The molecule has 0 radical (unpaired) electrons. The molecule has 1 saturated carbocycles. The van der Waals surface area contributed by atoms with E-state index in [-0.39, 0.29) is 24.8 Å². The van der Waals surface area contributed by atoms with Gasteiger partial charge < -0.3 is 20.0 Å². The molecule has 0 atom stereocenters. The van der Waals surface area contributed by atoms with Crippen LogP contribution < -0.4 is 10.6 Å². The lowest BCUT2D eigenvalue weighted by atomic mass is 10.2. The molecule has 0 amide bonds. The Hall–Kier alpha value is -0.560. The zero-order valence-corrected chi connectivity index (χ0v) is 14.4. The minimum Gasteiger partial charge on any atom is -0.407 e. The number of nitrogens with one attached hydrogen (secondary N) is 2. The van der Waals surface area contributed by atoms with Gasteiger partial charge in [-0.15, -0.1) is 29.9 Å². The fourth-order valence-electron chi connectivity index (χ4n) is 2.60. The monoisotopic (exact) mass is 339 g/mol. The van der Waals surface area contributed by atoms with E-state index in [1.165, 1.54) is 25.7 Å². The van der Waals surface area contributed by atoms with Crippen molar-refractivity contribution in [1.82, 2.24) is 20.4 Å². The van der Waals surface area contributed by atoms with Gasteiger partial charge in [0.15, 0.2) is 0 Å². The third-order valence-corrected chi connectivity index (χ3v) is 3.71. The second-order valence-corrected chi connectivity index (χ2v) is 5.23. The molecule has 0 bridgehead atoms. The zero-order chi connectivity index (χ0) is 13.5. The molecule has 0 unspecified atom stereocenters. The average Bonchev–Trinajstić information content (AvgIpc) is 3.06. The summed E-state index contributed by atoms with van der Waals surface area (Å²) >= 11 is 0. The Bertz CT molecular complexity index is 371. The summed E-state index contributed by atoms with van der Waals surface area (Å²) in [4.78, 5) is 2.48. The summed E-state index contributed by atoms with van der Waals surface area (Å²) in [5, 5.41) is 14.0. The van der Waals surface area contributed by atoms with Gasteiger partial charge in [-0.25, -0.2) is 0 Å². The predicted molar refractivity (Wildman–Crippen MR) is 89.6 cm³/mol. The third-order valence-electron chi connectivity index (χ3n) is 3.71. The van der Waals surface area contributed by atoms with E-state index >= 15 is 0 Å². The van der Waals surface area contributed by atoms with Gasteiger partial charge in [0, 0.05) is 12.6 Å². The highest BCUT2D eigenvalue weighted by Gasteiger charge is 2.18. The number of aromatic nitrogens is 2. The first kappa shape index (κ1) is 20.4. The van der Waals surface area contributed by atoms with Crippen LogP contribution in [0.1, 0.15) is 38.0 Å². The lowest BCUT2D eigenvalue weighted by molar-refractivity contribution is 0.245. The van der Waals surface area contributed by atoms with Crippen LogP contribution in [-0.4, -0.2) is 48.3 Å². The van der Waals surface area contributed by atoms with Gasteiger partial charge in [-0.05, 0) is 39.9 Å². The fraction of sp³-hybridized carbons (Fsp3) is 0.846. The summed E-state index contributed by atoms with van der Waals surface area (Å²) in [6.45, 7) is 2.60. The summed E-state index contributed by atoms with van der Waals surface area (Å²) in [6.07, 6.45) is 6.60. The van der Waals surface area contributed by atoms with E-state index in [9.17, 15) is 0 Å². The molecule has 1 aromatic rings. The SMILES string of the molecule is CNCc1nnc(NCCCN(C)C2CCCC2)o1.Cl.Cl. The summed E-state index contributed by atoms with van der Waals surface area (Å²) in [6, 6.07) is 1.32. The lowest BCUT2D eigenvalue weighted by Gasteiger charge is -2.23. The van der Waals surface area contributed by atoms with Crippen molar-refractivity contribution in [2.75, 3.05) is 32.5 Å². The molecular formula is C13H27Cl2N5O. The molecule has 1 heterocycles. The van der Waals surface area contributed by atoms with Crippen LogP contribution in [0, 0.1) is 0 Å². The van der Waals surface area contributed by atoms with E-state index in [2.05, 4.69) is 32.8 Å². The summed E-state index contributed by atoms with van der Waals surface area (Å²) < 4.78 is 5.42. The third kappa shape index (κ3) is 6.82. The van der Waals surface area contributed by atoms with Crippen LogP contribution in [-0.2, 0) is 6.54 Å². The highest BCUT2D eigenvalue weighted by atomic mass is 35.5. The van der Waals surface area contributed by atoms with Gasteiger partial charge in [0.1, 0.15) is 0 Å². The minimum atomic E-state index is 0. The van der Waals surface area contributed by atoms with E-state index in [1.807, 2.05) is 7.05 Å². The number of nitrogens with zero attached hydrogens (tertiary/aromatic N) is 3. The van der Waals surface area contributed by atoms with Gasteiger partial charge >= 0.3 is 6.01 Å². The molecule has 2 rings (SSSR count). The number of hydrogen-bond acceptors (Lipinski definition) is 6. The standard InChI is InChI=1S/C13H25N5O.2ClH/c1-14-10-12-16-17-13(19-12)15-8-5-9-18(2)11-6-3-4-7-11;;/h11,14H,3-10H2,1-2H3,(H,15,17);2*1H. The normalized spacial score (nSPS) is 14.8. The second-order valence-electron chi connectivity index (χ2n) is 5.23. The van der Waals surface area contributed by atoms with Crippen molar-refractivity contribution in [2.45, 2.75) is 44.7 Å². The molecule has 124 valence electrons. The topological polar surface area (TPSA) is 66.2 Å². The summed E-state index contributed by atoms with van der Waals surface area (Å²) in [5.41, 5.74) is 0. The molecule has 0 saturated heterocycles. The Morgan fingerprint density at radius 2 is 1.95 bits per heavy atom. The number of hydrogen-bond donors (Lipinski definition) is 2.